The molecule has 1 aliphatic rings. The predicted octanol–water partition coefficient (Wildman–Crippen LogP) is 1.67. The predicted molar refractivity (Wildman–Crippen MR) is 45.0 cm³/mol. The van der Waals surface area contributed by atoms with Crippen LogP contribution < -0.4 is 0 Å². The standard InChI is InChI=1S/C9H16O3/c10-9(11)3-1-2-8-4-6-12-7-5-8/h8H,1-7H2,(H,10,11). The minimum absolute atomic E-state index is 0.317. The fraction of sp³-hybridized carbons (Fsp3) is 0.889. The van der Waals surface area contributed by atoms with Gasteiger partial charge in [-0.2, -0.15) is 0 Å². The number of carbonyl (C=O) groups is 1. The van der Waals surface area contributed by atoms with Crippen LogP contribution >= 0.6 is 0 Å². The summed E-state index contributed by atoms with van der Waals surface area (Å²) in [7, 11) is 0. The van der Waals surface area contributed by atoms with Crippen molar-refractivity contribution in [2.45, 2.75) is 32.1 Å². The molecule has 0 unspecified atom stereocenters. The zero-order valence-electron chi connectivity index (χ0n) is 7.29. The first kappa shape index (κ1) is 9.52. The molecule has 0 radical (unpaired) electrons. The van der Waals surface area contributed by atoms with Crippen LogP contribution in [0.4, 0.5) is 0 Å². The number of ether oxygens (including phenoxy) is 1. The van der Waals surface area contributed by atoms with E-state index in [1.807, 2.05) is 0 Å². The highest BCUT2D eigenvalue weighted by atomic mass is 16.5. The molecule has 1 rings (SSSR count). The van der Waals surface area contributed by atoms with E-state index in [1.54, 1.807) is 0 Å². The molecule has 70 valence electrons. The highest BCUT2D eigenvalue weighted by Crippen LogP contribution is 2.20. The average Bonchev–Trinajstić information content (AvgIpc) is 2.05. The van der Waals surface area contributed by atoms with Gasteiger partial charge in [-0.05, 0) is 31.6 Å². The lowest BCUT2D eigenvalue weighted by Gasteiger charge is -2.21. The second kappa shape index (κ2) is 5.14. The van der Waals surface area contributed by atoms with Crippen LogP contribution in [-0.4, -0.2) is 24.3 Å². The quantitative estimate of drug-likeness (QED) is 0.701. The van der Waals surface area contributed by atoms with Crippen molar-refractivity contribution in [2.75, 3.05) is 13.2 Å². The number of aliphatic carboxylic acids is 1. The van der Waals surface area contributed by atoms with E-state index in [0.29, 0.717) is 12.3 Å². The lowest BCUT2D eigenvalue weighted by atomic mass is 9.94. The van der Waals surface area contributed by atoms with E-state index in [2.05, 4.69) is 0 Å². The fourth-order valence-corrected chi connectivity index (χ4v) is 1.58. The van der Waals surface area contributed by atoms with E-state index in [0.717, 1.165) is 38.9 Å². The third kappa shape index (κ3) is 3.72. The Morgan fingerprint density at radius 2 is 2.08 bits per heavy atom. The molecule has 0 saturated carbocycles. The highest BCUT2D eigenvalue weighted by molar-refractivity contribution is 5.66. The maximum atomic E-state index is 10.2. The summed E-state index contributed by atoms with van der Waals surface area (Å²) in [5, 5.41) is 8.42. The van der Waals surface area contributed by atoms with E-state index < -0.39 is 5.97 Å². The molecule has 3 heteroatoms. The van der Waals surface area contributed by atoms with Gasteiger partial charge in [0.1, 0.15) is 0 Å². The lowest BCUT2D eigenvalue weighted by molar-refractivity contribution is -0.137. The number of hydrogen-bond acceptors (Lipinski definition) is 2. The van der Waals surface area contributed by atoms with E-state index in [4.69, 9.17) is 9.84 Å². The Bertz CT molecular complexity index is 139. The third-order valence-corrected chi connectivity index (χ3v) is 2.34. The largest absolute Gasteiger partial charge is 0.481 e. The molecule has 1 fully saturated rings. The summed E-state index contributed by atoms with van der Waals surface area (Å²) in [6.07, 6.45) is 4.41. The van der Waals surface area contributed by atoms with Crippen LogP contribution in [0.25, 0.3) is 0 Å². The van der Waals surface area contributed by atoms with Gasteiger partial charge in [-0.15, -0.1) is 0 Å². The van der Waals surface area contributed by atoms with Crippen molar-refractivity contribution in [3.05, 3.63) is 0 Å². The normalized spacial score (nSPS) is 19.3. The highest BCUT2D eigenvalue weighted by Gasteiger charge is 2.13. The molecule has 0 spiro atoms. The van der Waals surface area contributed by atoms with Crippen molar-refractivity contribution in [1.29, 1.82) is 0 Å². The fourth-order valence-electron chi connectivity index (χ4n) is 1.58. The van der Waals surface area contributed by atoms with Gasteiger partial charge in [0.05, 0.1) is 0 Å². The van der Waals surface area contributed by atoms with Crippen molar-refractivity contribution >= 4 is 5.97 Å². The van der Waals surface area contributed by atoms with Crippen LogP contribution in [0.1, 0.15) is 32.1 Å². The molecule has 1 aliphatic heterocycles. The molecule has 0 atom stereocenters. The van der Waals surface area contributed by atoms with Gasteiger partial charge in [0.2, 0.25) is 0 Å². The van der Waals surface area contributed by atoms with Crippen LogP contribution in [0.15, 0.2) is 0 Å². The molecular weight excluding hydrogens is 156 g/mol. The molecule has 3 nitrogen and oxygen atoms in total. The molecule has 1 N–H and O–H groups in total. The topological polar surface area (TPSA) is 46.5 Å². The summed E-state index contributed by atoms with van der Waals surface area (Å²) in [6, 6.07) is 0. The summed E-state index contributed by atoms with van der Waals surface area (Å²) in [6.45, 7) is 1.72. The molecule has 1 saturated heterocycles. The summed E-state index contributed by atoms with van der Waals surface area (Å²) < 4.78 is 5.21. The van der Waals surface area contributed by atoms with Crippen molar-refractivity contribution in [2.24, 2.45) is 5.92 Å². The van der Waals surface area contributed by atoms with Crippen LogP contribution in [0.5, 0.6) is 0 Å². The second-order valence-electron chi connectivity index (χ2n) is 3.34. The monoisotopic (exact) mass is 172 g/mol. The van der Waals surface area contributed by atoms with E-state index in [-0.39, 0.29) is 0 Å². The first-order valence-electron chi connectivity index (χ1n) is 4.58. The van der Waals surface area contributed by atoms with Gasteiger partial charge < -0.3 is 9.84 Å². The smallest absolute Gasteiger partial charge is 0.303 e. The van der Waals surface area contributed by atoms with Gasteiger partial charge in [0.15, 0.2) is 0 Å². The van der Waals surface area contributed by atoms with Crippen LogP contribution in [0, 0.1) is 5.92 Å². The Kier molecular flexibility index (Phi) is 4.08. The molecule has 0 aliphatic carbocycles. The molecule has 0 aromatic rings. The van der Waals surface area contributed by atoms with Gasteiger partial charge in [-0.3, -0.25) is 4.79 Å². The summed E-state index contributed by atoms with van der Waals surface area (Å²) in [5.74, 6) is 0.0279. The summed E-state index contributed by atoms with van der Waals surface area (Å²) >= 11 is 0. The number of carboxylic acids is 1. The van der Waals surface area contributed by atoms with Crippen LogP contribution in [0.2, 0.25) is 0 Å². The minimum Gasteiger partial charge on any atom is -0.481 e. The van der Waals surface area contributed by atoms with Crippen molar-refractivity contribution in [3.63, 3.8) is 0 Å². The Labute approximate surface area is 72.7 Å². The van der Waals surface area contributed by atoms with Gasteiger partial charge >= 0.3 is 5.97 Å². The molecular formula is C9H16O3. The SMILES string of the molecule is O=C(O)CCCC1CCOCC1. The van der Waals surface area contributed by atoms with Gasteiger partial charge in [0.25, 0.3) is 0 Å². The van der Waals surface area contributed by atoms with Crippen molar-refractivity contribution < 1.29 is 14.6 Å². The first-order chi connectivity index (χ1) is 5.79. The number of carboxylic acid groups (broad SMARTS) is 1. The second-order valence-corrected chi connectivity index (χ2v) is 3.34. The molecule has 0 aromatic carbocycles. The summed E-state index contributed by atoms with van der Waals surface area (Å²) in [5.41, 5.74) is 0. The van der Waals surface area contributed by atoms with Gasteiger partial charge in [-0.1, -0.05) is 0 Å². The summed E-state index contributed by atoms with van der Waals surface area (Å²) in [4.78, 5) is 10.2. The molecule has 1 heterocycles. The number of hydrogen-bond donors (Lipinski definition) is 1. The third-order valence-electron chi connectivity index (χ3n) is 2.34. The minimum atomic E-state index is -0.679. The average molecular weight is 172 g/mol. The van der Waals surface area contributed by atoms with E-state index in [9.17, 15) is 4.79 Å². The van der Waals surface area contributed by atoms with Gasteiger partial charge in [-0.25, -0.2) is 0 Å². The molecule has 0 bridgehead atoms. The first-order valence-corrected chi connectivity index (χ1v) is 4.58. The van der Waals surface area contributed by atoms with Crippen LogP contribution in [-0.2, 0) is 9.53 Å². The Morgan fingerprint density at radius 3 is 2.67 bits per heavy atom. The zero-order chi connectivity index (χ0) is 8.81. The Balaban J connectivity index is 2.01. The van der Waals surface area contributed by atoms with Crippen LogP contribution in [0.3, 0.4) is 0 Å². The Hall–Kier alpha value is -0.570. The maximum absolute atomic E-state index is 10.2. The van der Waals surface area contributed by atoms with Gasteiger partial charge in [0, 0.05) is 19.6 Å². The number of rotatable bonds is 4. The zero-order valence-corrected chi connectivity index (χ0v) is 7.29. The van der Waals surface area contributed by atoms with E-state index >= 15 is 0 Å². The Morgan fingerprint density at radius 1 is 1.42 bits per heavy atom. The van der Waals surface area contributed by atoms with Crippen molar-refractivity contribution in [3.8, 4) is 0 Å². The molecule has 0 aromatic heterocycles. The van der Waals surface area contributed by atoms with Crippen molar-refractivity contribution in [1.82, 2.24) is 0 Å². The van der Waals surface area contributed by atoms with E-state index in [1.165, 1.54) is 0 Å². The molecule has 0 amide bonds. The molecule has 12 heavy (non-hydrogen) atoms. The lowest BCUT2D eigenvalue weighted by Crippen LogP contribution is -2.15. The maximum Gasteiger partial charge on any atom is 0.303 e.